The summed E-state index contributed by atoms with van der Waals surface area (Å²) in [5, 5.41) is 13.6. The minimum atomic E-state index is -0.0666. The fraction of sp³-hybridized carbons (Fsp3) is 0.684. The Balaban J connectivity index is 1.67. The van der Waals surface area contributed by atoms with Crippen LogP contribution in [0.2, 0.25) is 0 Å². The van der Waals surface area contributed by atoms with E-state index in [9.17, 15) is 5.11 Å². The average molecular weight is 287 g/mol. The number of nitrogens with one attached hydrogen (secondary N) is 1. The predicted octanol–water partition coefficient (Wildman–Crippen LogP) is 3.94. The average Bonchev–Trinajstić information content (AvgIpc) is 2.47. The topological polar surface area (TPSA) is 32.3 Å². The Kier molecular flexibility index (Phi) is 4.37. The fourth-order valence-corrected chi connectivity index (χ4v) is 4.18. The number of aliphatic hydroxyl groups excluding tert-OH is 1. The van der Waals surface area contributed by atoms with E-state index in [-0.39, 0.29) is 6.10 Å². The molecule has 0 radical (unpaired) electrons. The molecule has 2 nitrogen and oxygen atoms in total. The van der Waals surface area contributed by atoms with Gasteiger partial charge in [-0.15, -0.1) is 0 Å². The molecule has 116 valence electrons. The Hall–Kier alpha value is -0.860. The SMILES string of the molecule is CC1(C)CCC(NCC2CCCC(O)C2)c2ccccc21. The summed E-state index contributed by atoms with van der Waals surface area (Å²) in [5.41, 5.74) is 3.30. The number of hydrogen-bond donors (Lipinski definition) is 2. The number of benzene rings is 1. The molecule has 2 heteroatoms. The van der Waals surface area contributed by atoms with Gasteiger partial charge in [0.2, 0.25) is 0 Å². The van der Waals surface area contributed by atoms with Crippen LogP contribution >= 0.6 is 0 Å². The van der Waals surface area contributed by atoms with Crippen LogP contribution in [0.1, 0.15) is 69.5 Å². The van der Waals surface area contributed by atoms with E-state index in [4.69, 9.17) is 0 Å². The van der Waals surface area contributed by atoms with Crippen molar-refractivity contribution in [1.82, 2.24) is 5.32 Å². The highest BCUT2D eigenvalue weighted by atomic mass is 16.3. The Bertz CT molecular complexity index is 482. The van der Waals surface area contributed by atoms with Gasteiger partial charge in [-0.05, 0) is 61.1 Å². The molecule has 21 heavy (non-hydrogen) atoms. The van der Waals surface area contributed by atoms with Crippen molar-refractivity contribution >= 4 is 0 Å². The zero-order chi connectivity index (χ0) is 14.9. The van der Waals surface area contributed by atoms with Crippen molar-refractivity contribution in [2.75, 3.05) is 6.54 Å². The Labute approximate surface area is 129 Å². The third-order valence-electron chi connectivity index (χ3n) is 5.53. The van der Waals surface area contributed by atoms with Crippen LogP contribution in [-0.2, 0) is 5.41 Å². The van der Waals surface area contributed by atoms with Crippen molar-refractivity contribution in [2.24, 2.45) is 5.92 Å². The number of fused-ring (bicyclic) bond motifs is 1. The molecule has 0 heterocycles. The summed E-state index contributed by atoms with van der Waals surface area (Å²) in [6, 6.07) is 9.42. The van der Waals surface area contributed by atoms with Crippen molar-refractivity contribution < 1.29 is 5.11 Å². The molecule has 1 aromatic carbocycles. The predicted molar refractivity (Wildman–Crippen MR) is 87.4 cm³/mol. The molecule has 3 rings (SSSR count). The Morgan fingerprint density at radius 3 is 2.81 bits per heavy atom. The third kappa shape index (κ3) is 3.32. The lowest BCUT2D eigenvalue weighted by Crippen LogP contribution is -2.36. The molecule has 0 aromatic heterocycles. The van der Waals surface area contributed by atoms with Gasteiger partial charge in [-0.2, -0.15) is 0 Å². The normalized spacial score (nSPS) is 31.7. The molecule has 1 aromatic rings. The second kappa shape index (κ2) is 6.10. The van der Waals surface area contributed by atoms with Gasteiger partial charge in [-0.25, -0.2) is 0 Å². The monoisotopic (exact) mass is 287 g/mol. The maximum Gasteiger partial charge on any atom is 0.0543 e. The van der Waals surface area contributed by atoms with Crippen LogP contribution in [0.4, 0.5) is 0 Å². The lowest BCUT2D eigenvalue weighted by atomic mass is 9.71. The molecular formula is C19H29NO. The van der Waals surface area contributed by atoms with Crippen molar-refractivity contribution in [1.29, 1.82) is 0 Å². The zero-order valence-electron chi connectivity index (χ0n) is 13.4. The van der Waals surface area contributed by atoms with Gasteiger partial charge < -0.3 is 10.4 Å². The second-order valence-corrected chi connectivity index (χ2v) is 7.66. The summed E-state index contributed by atoms with van der Waals surface area (Å²) in [4.78, 5) is 0. The van der Waals surface area contributed by atoms with Crippen LogP contribution < -0.4 is 5.32 Å². The fourth-order valence-electron chi connectivity index (χ4n) is 4.18. The van der Waals surface area contributed by atoms with Crippen LogP contribution in [0.15, 0.2) is 24.3 Å². The summed E-state index contributed by atoms with van der Waals surface area (Å²) in [6.45, 7) is 5.77. The quantitative estimate of drug-likeness (QED) is 0.882. The van der Waals surface area contributed by atoms with Crippen molar-refractivity contribution in [3.05, 3.63) is 35.4 Å². The Morgan fingerprint density at radius 2 is 2.00 bits per heavy atom. The highest BCUT2D eigenvalue weighted by molar-refractivity contribution is 5.38. The molecule has 0 amide bonds. The molecule has 1 saturated carbocycles. The number of aliphatic hydroxyl groups is 1. The van der Waals surface area contributed by atoms with Gasteiger partial charge in [-0.1, -0.05) is 44.5 Å². The summed E-state index contributed by atoms with van der Waals surface area (Å²) in [7, 11) is 0. The Morgan fingerprint density at radius 1 is 1.19 bits per heavy atom. The van der Waals surface area contributed by atoms with Crippen molar-refractivity contribution in [2.45, 2.75) is 69.9 Å². The molecule has 3 atom stereocenters. The first-order valence-corrected chi connectivity index (χ1v) is 8.57. The van der Waals surface area contributed by atoms with Crippen LogP contribution in [-0.4, -0.2) is 17.8 Å². The smallest absolute Gasteiger partial charge is 0.0543 e. The molecule has 1 fully saturated rings. The lowest BCUT2D eigenvalue weighted by molar-refractivity contribution is 0.0991. The van der Waals surface area contributed by atoms with E-state index >= 15 is 0 Å². The first-order chi connectivity index (χ1) is 10.1. The van der Waals surface area contributed by atoms with E-state index < -0.39 is 0 Å². The summed E-state index contributed by atoms with van der Waals surface area (Å²) >= 11 is 0. The van der Waals surface area contributed by atoms with E-state index in [1.165, 1.54) is 36.8 Å². The van der Waals surface area contributed by atoms with Gasteiger partial charge in [0.25, 0.3) is 0 Å². The van der Waals surface area contributed by atoms with Crippen LogP contribution in [0.5, 0.6) is 0 Å². The molecule has 2 aliphatic carbocycles. The molecule has 0 saturated heterocycles. The van der Waals surface area contributed by atoms with Gasteiger partial charge in [0, 0.05) is 6.04 Å². The molecule has 0 bridgehead atoms. The van der Waals surface area contributed by atoms with Crippen LogP contribution in [0.3, 0.4) is 0 Å². The molecular weight excluding hydrogens is 258 g/mol. The van der Waals surface area contributed by atoms with E-state index in [0.717, 1.165) is 19.4 Å². The molecule has 0 aliphatic heterocycles. The molecule has 2 N–H and O–H groups in total. The van der Waals surface area contributed by atoms with Gasteiger partial charge >= 0.3 is 0 Å². The molecule has 3 unspecified atom stereocenters. The molecule has 2 aliphatic rings. The van der Waals surface area contributed by atoms with Crippen LogP contribution in [0.25, 0.3) is 0 Å². The minimum absolute atomic E-state index is 0.0666. The minimum Gasteiger partial charge on any atom is -0.393 e. The number of hydrogen-bond acceptors (Lipinski definition) is 2. The zero-order valence-corrected chi connectivity index (χ0v) is 13.4. The highest BCUT2D eigenvalue weighted by Gasteiger charge is 2.32. The van der Waals surface area contributed by atoms with E-state index in [2.05, 4.69) is 43.4 Å². The van der Waals surface area contributed by atoms with Crippen molar-refractivity contribution in [3.8, 4) is 0 Å². The molecule has 0 spiro atoms. The number of rotatable bonds is 3. The van der Waals surface area contributed by atoms with E-state index in [1.54, 1.807) is 0 Å². The maximum atomic E-state index is 9.82. The first kappa shape index (κ1) is 15.1. The van der Waals surface area contributed by atoms with E-state index in [0.29, 0.717) is 17.4 Å². The summed E-state index contributed by atoms with van der Waals surface area (Å²) in [5.74, 6) is 0.649. The third-order valence-corrected chi connectivity index (χ3v) is 5.53. The highest BCUT2D eigenvalue weighted by Crippen LogP contribution is 2.41. The van der Waals surface area contributed by atoms with Gasteiger partial charge in [0.15, 0.2) is 0 Å². The summed E-state index contributed by atoms with van der Waals surface area (Å²) in [6.07, 6.45) is 6.83. The largest absolute Gasteiger partial charge is 0.393 e. The van der Waals surface area contributed by atoms with Gasteiger partial charge in [0.05, 0.1) is 6.10 Å². The summed E-state index contributed by atoms with van der Waals surface area (Å²) < 4.78 is 0. The maximum absolute atomic E-state index is 9.82. The standard InChI is InChI=1S/C19H29NO/c1-19(2)11-10-18(16-8-3-4-9-17(16)19)20-13-14-6-5-7-15(21)12-14/h3-4,8-9,14-15,18,20-21H,5-7,10-13H2,1-2H3. The first-order valence-electron chi connectivity index (χ1n) is 8.57. The van der Waals surface area contributed by atoms with Gasteiger partial charge in [-0.3, -0.25) is 0 Å². The van der Waals surface area contributed by atoms with Crippen molar-refractivity contribution in [3.63, 3.8) is 0 Å². The lowest BCUT2D eigenvalue weighted by Gasteiger charge is -2.38. The van der Waals surface area contributed by atoms with Gasteiger partial charge in [0.1, 0.15) is 0 Å². The van der Waals surface area contributed by atoms with E-state index in [1.807, 2.05) is 0 Å². The van der Waals surface area contributed by atoms with Crippen LogP contribution in [0, 0.1) is 5.92 Å². The second-order valence-electron chi connectivity index (χ2n) is 7.66.